The molecule has 0 bridgehead atoms. The Morgan fingerprint density at radius 1 is 1.08 bits per heavy atom. The van der Waals surface area contributed by atoms with Crippen molar-refractivity contribution >= 4 is 29.9 Å². The van der Waals surface area contributed by atoms with Crippen molar-refractivity contribution in [2.75, 3.05) is 52.7 Å². The molecule has 2 fully saturated rings. The zero-order chi connectivity index (χ0) is 16.9. The van der Waals surface area contributed by atoms with E-state index < -0.39 is 0 Å². The molecule has 0 spiro atoms. The zero-order valence-corrected chi connectivity index (χ0v) is 18.0. The van der Waals surface area contributed by atoms with Gasteiger partial charge in [-0.3, -0.25) is 4.99 Å². The van der Waals surface area contributed by atoms with Crippen LogP contribution in [0.4, 0.5) is 0 Å². The van der Waals surface area contributed by atoms with E-state index in [9.17, 15) is 0 Å². The van der Waals surface area contributed by atoms with Crippen LogP contribution in [0, 0.1) is 5.92 Å². The lowest BCUT2D eigenvalue weighted by molar-refractivity contribution is -0.0320. The predicted molar refractivity (Wildman–Crippen MR) is 112 cm³/mol. The van der Waals surface area contributed by atoms with Crippen LogP contribution in [-0.4, -0.2) is 64.7 Å². The van der Waals surface area contributed by atoms with E-state index in [1.165, 1.54) is 12.8 Å². The highest BCUT2D eigenvalue weighted by Gasteiger charge is 2.20. The van der Waals surface area contributed by atoms with Gasteiger partial charge in [-0.1, -0.05) is 0 Å². The van der Waals surface area contributed by atoms with Crippen LogP contribution in [0.2, 0.25) is 0 Å². The molecule has 1 saturated carbocycles. The number of halogens is 1. The molecule has 2 rings (SSSR count). The standard InChI is InChI=1S/C18H35N3O3.HI/c1-2-19-18(20-9-3-11-23-15-16-5-6-16)21-10-4-12-24-17-7-13-22-14-8-17;/h16-17H,2-15H2,1H3,(H2,19,20,21);1H. The normalized spacial score (nSPS) is 18.7. The molecule has 0 unspecified atom stereocenters. The fraction of sp³-hybridized carbons (Fsp3) is 0.944. The summed E-state index contributed by atoms with van der Waals surface area (Å²) in [7, 11) is 0. The minimum Gasteiger partial charge on any atom is -0.381 e. The number of aliphatic imine (C=N–C) groups is 1. The van der Waals surface area contributed by atoms with Gasteiger partial charge in [0.25, 0.3) is 0 Å². The van der Waals surface area contributed by atoms with Gasteiger partial charge in [-0.25, -0.2) is 0 Å². The first-order valence-electron chi connectivity index (χ1n) is 9.67. The van der Waals surface area contributed by atoms with Crippen LogP contribution in [0.3, 0.4) is 0 Å². The van der Waals surface area contributed by atoms with Crippen molar-refractivity contribution in [2.24, 2.45) is 10.9 Å². The molecule has 1 heterocycles. The minimum atomic E-state index is 0. The van der Waals surface area contributed by atoms with Gasteiger partial charge in [-0.05, 0) is 51.4 Å². The van der Waals surface area contributed by atoms with Gasteiger partial charge >= 0.3 is 0 Å². The maximum absolute atomic E-state index is 5.88. The van der Waals surface area contributed by atoms with Crippen LogP contribution in [0.25, 0.3) is 0 Å². The smallest absolute Gasteiger partial charge is 0.191 e. The maximum Gasteiger partial charge on any atom is 0.191 e. The molecular formula is C18H36IN3O3. The number of nitrogens with zero attached hydrogens (tertiary/aromatic N) is 1. The Balaban J connectivity index is 0.00000312. The highest BCUT2D eigenvalue weighted by atomic mass is 127. The lowest BCUT2D eigenvalue weighted by atomic mass is 10.1. The third kappa shape index (κ3) is 12.0. The van der Waals surface area contributed by atoms with Gasteiger partial charge in [0.15, 0.2) is 5.96 Å². The summed E-state index contributed by atoms with van der Waals surface area (Å²) in [6, 6.07) is 0. The topological polar surface area (TPSA) is 64.1 Å². The molecule has 1 aliphatic carbocycles. The van der Waals surface area contributed by atoms with E-state index in [-0.39, 0.29) is 24.0 Å². The summed E-state index contributed by atoms with van der Waals surface area (Å²) in [6.45, 7) is 8.88. The molecule has 0 aromatic rings. The van der Waals surface area contributed by atoms with E-state index in [4.69, 9.17) is 14.2 Å². The van der Waals surface area contributed by atoms with Gasteiger partial charge in [0.1, 0.15) is 0 Å². The SMILES string of the molecule is CCNC(=NCCCOCC1CC1)NCCCOC1CCOCC1.I. The second-order valence-electron chi connectivity index (χ2n) is 6.60. The Morgan fingerprint density at radius 2 is 1.88 bits per heavy atom. The van der Waals surface area contributed by atoms with Gasteiger partial charge in [-0.15, -0.1) is 24.0 Å². The molecule has 2 N–H and O–H groups in total. The third-order valence-electron chi connectivity index (χ3n) is 4.25. The summed E-state index contributed by atoms with van der Waals surface area (Å²) >= 11 is 0. The van der Waals surface area contributed by atoms with Crippen molar-refractivity contribution in [1.29, 1.82) is 0 Å². The zero-order valence-electron chi connectivity index (χ0n) is 15.6. The van der Waals surface area contributed by atoms with Crippen LogP contribution >= 0.6 is 24.0 Å². The van der Waals surface area contributed by atoms with E-state index in [1.807, 2.05) is 0 Å². The van der Waals surface area contributed by atoms with Crippen LogP contribution < -0.4 is 10.6 Å². The first-order chi connectivity index (χ1) is 11.9. The summed E-state index contributed by atoms with van der Waals surface area (Å²) in [5.74, 6) is 1.74. The molecule has 0 aromatic carbocycles. The lowest BCUT2D eigenvalue weighted by Crippen LogP contribution is -2.38. The number of ether oxygens (including phenoxy) is 3. The second-order valence-corrected chi connectivity index (χ2v) is 6.60. The van der Waals surface area contributed by atoms with Gasteiger partial charge < -0.3 is 24.8 Å². The fourth-order valence-corrected chi connectivity index (χ4v) is 2.61. The second kappa shape index (κ2) is 15.0. The lowest BCUT2D eigenvalue weighted by Gasteiger charge is -2.22. The summed E-state index contributed by atoms with van der Waals surface area (Å²) in [5, 5.41) is 6.65. The third-order valence-corrected chi connectivity index (χ3v) is 4.25. The molecule has 148 valence electrons. The molecule has 0 atom stereocenters. The molecule has 1 saturated heterocycles. The highest BCUT2D eigenvalue weighted by Crippen LogP contribution is 2.28. The molecule has 0 amide bonds. The number of guanidine groups is 1. The van der Waals surface area contributed by atoms with Crippen LogP contribution in [0.15, 0.2) is 4.99 Å². The quantitative estimate of drug-likeness (QED) is 0.199. The number of hydrogen-bond donors (Lipinski definition) is 2. The molecule has 0 radical (unpaired) electrons. The van der Waals surface area contributed by atoms with Crippen molar-refractivity contribution in [1.82, 2.24) is 10.6 Å². The van der Waals surface area contributed by atoms with Gasteiger partial charge in [0, 0.05) is 52.7 Å². The van der Waals surface area contributed by atoms with Crippen LogP contribution in [0.1, 0.15) is 45.4 Å². The Morgan fingerprint density at radius 3 is 2.60 bits per heavy atom. The molecule has 6 nitrogen and oxygen atoms in total. The molecule has 2 aliphatic rings. The number of hydrogen-bond acceptors (Lipinski definition) is 4. The summed E-state index contributed by atoms with van der Waals surface area (Å²) in [4.78, 5) is 4.59. The Kier molecular flexibility index (Phi) is 13.7. The molecular weight excluding hydrogens is 433 g/mol. The first kappa shape index (κ1) is 22.9. The van der Waals surface area contributed by atoms with Crippen molar-refractivity contribution < 1.29 is 14.2 Å². The summed E-state index contributed by atoms with van der Waals surface area (Å²) in [6.07, 6.45) is 7.12. The van der Waals surface area contributed by atoms with Crippen molar-refractivity contribution in [3.8, 4) is 0 Å². The van der Waals surface area contributed by atoms with Gasteiger partial charge in [0.2, 0.25) is 0 Å². The molecule has 7 heteroatoms. The first-order valence-corrected chi connectivity index (χ1v) is 9.67. The van der Waals surface area contributed by atoms with Crippen molar-refractivity contribution in [2.45, 2.75) is 51.6 Å². The van der Waals surface area contributed by atoms with Gasteiger partial charge in [-0.2, -0.15) is 0 Å². The molecule has 25 heavy (non-hydrogen) atoms. The summed E-state index contributed by atoms with van der Waals surface area (Å²) in [5.41, 5.74) is 0. The van der Waals surface area contributed by atoms with E-state index in [0.29, 0.717) is 6.10 Å². The number of nitrogens with one attached hydrogen (secondary N) is 2. The van der Waals surface area contributed by atoms with Crippen LogP contribution in [0.5, 0.6) is 0 Å². The van der Waals surface area contributed by atoms with Crippen molar-refractivity contribution in [3.63, 3.8) is 0 Å². The maximum atomic E-state index is 5.88. The fourth-order valence-electron chi connectivity index (χ4n) is 2.61. The Bertz CT molecular complexity index is 348. The minimum absolute atomic E-state index is 0. The average molecular weight is 469 g/mol. The van der Waals surface area contributed by atoms with E-state index in [1.54, 1.807) is 0 Å². The largest absolute Gasteiger partial charge is 0.381 e. The summed E-state index contributed by atoms with van der Waals surface area (Å²) < 4.78 is 16.8. The predicted octanol–water partition coefficient (Wildman–Crippen LogP) is 2.56. The molecule has 1 aliphatic heterocycles. The van der Waals surface area contributed by atoms with Gasteiger partial charge in [0.05, 0.1) is 6.10 Å². The average Bonchev–Trinajstić information content (AvgIpc) is 3.42. The number of rotatable bonds is 12. The van der Waals surface area contributed by atoms with E-state index in [0.717, 1.165) is 90.2 Å². The Labute approximate surface area is 169 Å². The molecule has 0 aromatic heterocycles. The highest BCUT2D eigenvalue weighted by molar-refractivity contribution is 14.0. The van der Waals surface area contributed by atoms with Crippen molar-refractivity contribution in [3.05, 3.63) is 0 Å². The monoisotopic (exact) mass is 469 g/mol. The van der Waals surface area contributed by atoms with E-state index in [2.05, 4.69) is 22.5 Å². The van der Waals surface area contributed by atoms with E-state index >= 15 is 0 Å². The van der Waals surface area contributed by atoms with Crippen LogP contribution in [-0.2, 0) is 14.2 Å². The Hall–Kier alpha value is -0.120.